The molecule has 0 aliphatic carbocycles. The van der Waals surface area contributed by atoms with Gasteiger partial charge < -0.3 is 0 Å². The molecule has 0 atom stereocenters. The van der Waals surface area contributed by atoms with Crippen LogP contribution in [-0.2, 0) is 6.54 Å². The summed E-state index contributed by atoms with van der Waals surface area (Å²) in [6.07, 6.45) is 9.04. The monoisotopic (exact) mass is 245 g/mol. The molecule has 2 heterocycles. The molecule has 4 heteroatoms. The van der Waals surface area contributed by atoms with Crippen molar-refractivity contribution in [3.63, 3.8) is 0 Å². The van der Waals surface area contributed by atoms with Crippen LogP contribution in [0.1, 0.15) is 38.7 Å². The lowest BCUT2D eigenvalue weighted by Gasteiger charge is -2.02. The number of aromatic amines is 1. The maximum Gasteiger partial charge on any atom is 0.327 e. The van der Waals surface area contributed by atoms with E-state index in [4.69, 9.17) is 0 Å². The Labute approximate surface area is 106 Å². The lowest BCUT2D eigenvalue weighted by atomic mass is 10.2. The zero-order chi connectivity index (χ0) is 13.0. The molecule has 2 rings (SSSR count). The number of rotatable bonds is 5. The second-order valence-corrected chi connectivity index (χ2v) is 4.43. The van der Waals surface area contributed by atoms with E-state index >= 15 is 0 Å². The van der Waals surface area contributed by atoms with Crippen LogP contribution in [0.15, 0.2) is 23.1 Å². The van der Waals surface area contributed by atoms with Crippen molar-refractivity contribution in [3.05, 3.63) is 34.4 Å². The van der Waals surface area contributed by atoms with E-state index in [-0.39, 0.29) is 5.69 Å². The molecule has 0 radical (unpaired) electrons. The van der Waals surface area contributed by atoms with E-state index in [0.29, 0.717) is 5.65 Å². The molecule has 0 amide bonds. The second-order valence-electron chi connectivity index (χ2n) is 4.43. The van der Waals surface area contributed by atoms with Gasteiger partial charge in [0.25, 0.3) is 0 Å². The number of unbranched alkanes of at least 4 members (excludes halogenated alkanes) is 2. The van der Waals surface area contributed by atoms with E-state index in [1.807, 2.05) is 25.1 Å². The van der Waals surface area contributed by atoms with Gasteiger partial charge in [0.05, 0.1) is 5.52 Å². The average molecular weight is 245 g/mol. The maximum atomic E-state index is 11.9. The lowest BCUT2D eigenvalue weighted by molar-refractivity contribution is 0.600. The van der Waals surface area contributed by atoms with Gasteiger partial charge in [0.2, 0.25) is 0 Å². The first-order valence-electron chi connectivity index (χ1n) is 6.47. The average Bonchev–Trinajstić information content (AvgIpc) is 2.66. The molecule has 0 spiro atoms. The summed E-state index contributed by atoms with van der Waals surface area (Å²) in [4.78, 5) is 18.9. The third kappa shape index (κ3) is 2.53. The van der Waals surface area contributed by atoms with E-state index in [2.05, 4.69) is 16.9 Å². The number of imidazole rings is 1. The Morgan fingerprint density at radius 2 is 2.28 bits per heavy atom. The zero-order valence-electron chi connectivity index (χ0n) is 10.9. The molecule has 0 saturated heterocycles. The third-order valence-corrected chi connectivity index (χ3v) is 2.99. The van der Waals surface area contributed by atoms with Crippen LogP contribution in [0, 0.1) is 0 Å². The predicted molar refractivity (Wildman–Crippen MR) is 74.6 cm³/mol. The number of aryl methyl sites for hydroxylation is 1. The van der Waals surface area contributed by atoms with E-state index in [9.17, 15) is 4.79 Å². The lowest BCUT2D eigenvalue weighted by Crippen LogP contribution is -2.16. The summed E-state index contributed by atoms with van der Waals surface area (Å²) in [6.45, 7) is 4.88. The number of allylic oxidation sites excluding steroid dienone is 1. The van der Waals surface area contributed by atoms with E-state index in [0.717, 1.165) is 36.9 Å². The van der Waals surface area contributed by atoms with Crippen molar-refractivity contribution in [3.8, 4) is 0 Å². The summed E-state index contributed by atoms with van der Waals surface area (Å²) < 4.78 is 1.78. The van der Waals surface area contributed by atoms with Crippen LogP contribution in [0.2, 0.25) is 0 Å². The molecule has 0 fully saturated rings. The highest BCUT2D eigenvalue weighted by Gasteiger charge is 2.07. The van der Waals surface area contributed by atoms with Crippen molar-refractivity contribution in [1.82, 2.24) is 14.5 Å². The van der Waals surface area contributed by atoms with Crippen LogP contribution in [0.5, 0.6) is 0 Å². The number of hydrogen-bond donors (Lipinski definition) is 1. The standard InChI is InChI=1S/C14H19N3O/c1-3-5-6-8-17-12-9-11(7-4-2)10-15-13(12)16-14(17)18/h4,7,9-10H,3,5-6,8H2,1-2H3,(H,15,16,18). The molecule has 0 saturated carbocycles. The Hall–Kier alpha value is -1.84. The van der Waals surface area contributed by atoms with E-state index < -0.39 is 0 Å². The molecule has 96 valence electrons. The van der Waals surface area contributed by atoms with Crippen molar-refractivity contribution < 1.29 is 0 Å². The summed E-state index contributed by atoms with van der Waals surface area (Å²) >= 11 is 0. The van der Waals surface area contributed by atoms with Crippen molar-refractivity contribution in [1.29, 1.82) is 0 Å². The van der Waals surface area contributed by atoms with Gasteiger partial charge in [-0.1, -0.05) is 31.9 Å². The molecule has 0 bridgehead atoms. The van der Waals surface area contributed by atoms with Crippen LogP contribution in [-0.4, -0.2) is 14.5 Å². The molecule has 4 nitrogen and oxygen atoms in total. The van der Waals surface area contributed by atoms with Crippen LogP contribution >= 0.6 is 0 Å². The Kier molecular flexibility index (Phi) is 3.97. The van der Waals surface area contributed by atoms with Gasteiger partial charge in [-0.05, 0) is 25.0 Å². The Morgan fingerprint density at radius 3 is 3.00 bits per heavy atom. The van der Waals surface area contributed by atoms with Crippen molar-refractivity contribution in [2.75, 3.05) is 0 Å². The summed E-state index contributed by atoms with van der Waals surface area (Å²) in [6, 6.07) is 2.01. The van der Waals surface area contributed by atoms with Crippen molar-refractivity contribution in [2.24, 2.45) is 0 Å². The van der Waals surface area contributed by atoms with Crippen LogP contribution < -0.4 is 5.69 Å². The number of pyridine rings is 1. The fraction of sp³-hybridized carbons (Fsp3) is 0.429. The first-order valence-corrected chi connectivity index (χ1v) is 6.47. The fourth-order valence-electron chi connectivity index (χ4n) is 2.07. The van der Waals surface area contributed by atoms with Crippen LogP contribution in [0.3, 0.4) is 0 Å². The number of hydrogen-bond acceptors (Lipinski definition) is 2. The normalized spacial score (nSPS) is 11.7. The molecule has 18 heavy (non-hydrogen) atoms. The summed E-state index contributed by atoms with van der Waals surface area (Å²) in [5.74, 6) is 0. The number of fused-ring (bicyclic) bond motifs is 1. The van der Waals surface area contributed by atoms with Gasteiger partial charge in [0.15, 0.2) is 5.65 Å². The molecule has 0 aliphatic rings. The minimum absolute atomic E-state index is 0.0637. The first-order chi connectivity index (χ1) is 8.76. The molecule has 0 aliphatic heterocycles. The molecule has 0 aromatic carbocycles. The van der Waals surface area contributed by atoms with E-state index in [1.54, 1.807) is 10.8 Å². The van der Waals surface area contributed by atoms with E-state index in [1.165, 1.54) is 0 Å². The van der Waals surface area contributed by atoms with Crippen molar-refractivity contribution in [2.45, 2.75) is 39.7 Å². The Bertz CT molecular complexity index is 607. The Morgan fingerprint density at radius 1 is 1.44 bits per heavy atom. The highest BCUT2D eigenvalue weighted by Crippen LogP contribution is 2.12. The minimum atomic E-state index is -0.0637. The van der Waals surface area contributed by atoms with Gasteiger partial charge >= 0.3 is 5.69 Å². The summed E-state index contributed by atoms with van der Waals surface area (Å²) in [7, 11) is 0. The van der Waals surface area contributed by atoms with Gasteiger partial charge in [-0.3, -0.25) is 9.55 Å². The molecular formula is C14H19N3O. The largest absolute Gasteiger partial charge is 0.327 e. The van der Waals surface area contributed by atoms with Crippen LogP contribution in [0.4, 0.5) is 0 Å². The third-order valence-electron chi connectivity index (χ3n) is 2.99. The van der Waals surface area contributed by atoms with Crippen LogP contribution in [0.25, 0.3) is 17.2 Å². The summed E-state index contributed by atoms with van der Waals surface area (Å²) in [5.41, 5.74) is 2.52. The van der Waals surface area contributed by atoms with Gasteiger partial charge in [-0.2, -0.15) is 0 Å². The Balaban J connectivity index is 2.40. The van der Waals surface area contributed by atoms with Gasteiger partial charge in [0.1, 0.15) is 0 Å². The second kappa shape index (κ2) is 5.67. The number of aromatic nitrogens is 3. The molecule has 2 aromatic rings. The molecule has 0 unspecified atom stereocenters. The van der Waals surface area contributed by atoms with Gasteiger partial charge in [0, 0.05) is 12.7 Å². The SMILES string of the molecule is CC=Cc1cnc2[nH]c(=O)n(CCCCC)c2c1. The molecule has 2 aromatic heterocycles. The van der Waals surface area contributed by atoms with Gasteiger partial charge in [-0.25, -0.2) is 9.78 Å². The number of nitrogens with one attached hydrogen (secondary N) is 1. The quantitative estimate of drug-likeness (QED) is 0.823. The highest BCUT2D eigenvalue weighted by molar-refractivity contribution is 5.73. The zero-order valence-corrected chi connectivity index (χ0v) is 10.9. The maximum absolute atomic E-state index is 11.9. The molecular weight excluding hydrogens is 226 g/mol. The minimum Gasteiger partial charge on any atom is -0.290 e. The molecule has 1 N–H and O–H groups in total. The summed E-state index contributed by atoms with van der Waals surface area (Å²) in [5, 5.41) is 0. The topological polar surface area (TPSA) is 50.7 Å². The smallest absolute Gasteiger partial charge is 0.290 e. The first kappa shape index (κ1) is 12.6. The van der Waals surface area contributed by atoms with Crippen molar-refractivity contribution >= 4 is 17.2 Å². The number of nitrogens with zero attached hydrogens (tertiary/aromatic N) is 2. The van der Waals surface area contributed by atoms with Gasteiger partial charge in [-0.15, -0.1) is 0 Å². The fourth-order valence-corrected chi connectivity index (χ4v) is 2.07. The predicted octanol–water partition coefficient (Wildman–Crippen LogP) is 2.95. The highest BCUT2D eigenvalue weighted by atomic mass is 16.1. The number of H-pyrrole nitrogens is 1.